The summed E-state index contributed by atoms with van der Waals surface area (Å²) in [5, 5.41) is 14.2. The lowest BCUT2D eigenvalue weighted by atomic mass is 9.94. The maximum absolute atomic E-state index is 9.46. The molecule has 2 aliphatic heterocycles. The first-order chi connectivity index (χ1) is 10.4. The SMILES string of the molecule is N#Cc1cnc2ccccc2c1N1CC2CCCNC2C1. The molecule has 4 rings (SSSR count). The summed E-state index contributed by atoms with van der Waals surface area (Å²) in [6.45, 7) is 3.16. The second-order valence-electron chi connectivity index (χ2n) is 6.02. The fourth-order valence-corrected chi connectivity index (χ4v) is 3.78. The molecule has 0 aliphatic carbocycles. The number of nitrogens with zero attached hydrogens (tertiary/aromatic N) is 3. The van der Waals surface area contributed by atoms with Crippen LogP contribution in [0.2, 0.25) is 0 Å². The van der Waals surface area contributed by atoms with Crippen molar-refractivity contribution < 1.29 is 0 Å². The molecule has 2 aromatic rings. The summed E-state index contributed by atoms with van der Waals surface area (Å²) in [5.74, 6) is 0.706. The van der Waals surface area contributed by atoms with Gasteiger partial charge in [0.1, 0.15) is 6.07 Å². The number of nitrogens with one attached hydrogen (secondary N) is 1. The fraction of sp³-hybridized carbons (Fsp3) is 0.412. The maximum Gasteiger partial charge on any atom is 0.103 e. The number of hydrogen-bond donors (Lipinski definition) is 1. The van der Waals surface area contributed by atoms with Crippen LogP contribution in [0, 0.1) is 17.2 Å². The molecule has 21 heavy (non-hydrogen) atoms. The molecule has 4 nitrogen and oxygen atoms in total. The topological polar surface area (TPSA) is 52.0 Å². The number of rotatable bonds is 1. The van der Waals surface area contributed by atoms with Gasteiger partial charge in [0, 0.05) is 30.7 Å². The lowest BCUT2D eigenvalue weighted by molar-refractivity contribution is 0.340. The maximum atomic E-state index is 9.46. The number of hydrogen-bond acceptors (Lipinski definition) is 4. The molecule has 2 aliphatic rings. The van der Waals surface area contributed by atoms with Crippen LogP contribution in [0.5, 0.6) is 0 Å². The van der Waals surface area contributed by atoms with Gasteiger partial charge in [0.25, 0.3) is 0 Å². The highest BCUT2D eigenvalue weighted by atomic mass is 15.2. The van der Waals surface area contributed by atoms with Crippen LogP contribution in [0.15, 0.2) is 30.5 Å². The Morgan fingerprint density at radius 3 is 3.05 bits per heavy atom. The van der Waals surface area contributed by atoms with Gasteiger partial charge in [-0.25, -0.2) is 0 Å². The Morgan fingerprint density at radius 2 is 2.19 bits per heavy atom. The predicted molar refractivity (Wildman–Crippen MR) is 83.2 cm³/mol. The minimum atomic E-state index is 0.567. The van der Waals surface area contributed by atoms with E-state index in [0.29, 0.717) is 17.5 Å². The number of para-hydroxylation sites is 1. The van der Waals surface area contributed by atoms with E-state index in [9.17, 15) is 5.26 Å². The van der Waals surface area contributed by atoms with Crippen molar-refractivity contribution in [1.82, 2.24) is 10.3 Å². The molecule has 0 amide bonds. The third-order valence-electron chi connectivity index (χ3n) is 4.78. The Morgan fingerprint density at radius 1 is 1.29 bits per heavy atom. The van der Waals surface area contributed by atoms with E-state index in [1.165, 1.54) is 12.8 Å². The molecule has 1 aromatic carbocycles. The molecular formula is C17H18N4. The first-order valence-electron chi connectivity index (χ1n) is 7.63. The summed E-state index contributed by atoms with van der Waals surface area (Å²) in [6.07, 6.45) is 4.27. The molecule has 2 unspecified atom stereocenters. The van der Waals surface area contributed by atoms with Crippen molar-refractivity contribution in [2.75, 3.05) is 24.5 Å². The number of pyridine rings is 1. The molecule has 2 saturated heterocycles. The first-order valence-corrected chi connectivity index (χ1v) is 7.63. The molecule has 2 atom stereocenters. The zero-order valence-corrected chi connectivity index (χ0v) is 11.9. The highest BCUT2D eigenvalue weighted by Gasteiger charge is 2.35. The molecule has 4 heteroatoms. The van der Waals surface area contributed by atoms with Crippen molar-refractivity contribution in [2.24, 2.45) is 5.92 Å². The van der Waals surface area contributed by atoms with Crippen LogP contribution in [-0.4, -0.2) is 30.7 Å². The van der Waals surface area contributed by atoms with Gasteiger partial charge in [-0.3, -0.25) is 4.98 Å². The lowest BCUT2D eigenvalue weighted by Gasteiger charge is -2.24. The minimum absolute atomic E-state index is 0.567. The van der Waals surface area contributed by atoms with Crippen molar-refractivity contribution in [3.8, 4) is 6.07 Å². The summed E-state index contributed by atoms with van der Waals surface area (Å²) < 4.78 is 0. The molecule has 0 saturated carbocycles. The van der Waals surface area contributed by atoms with E-state index in [0.717, 1.165) is 36.2 Å². The highest BCUT2D eigenvalue weighted by molar-refractivity contribution is 5.94. The molecule has 0 spiro atoms. The number of piperidine rings is 1. The Kier molecular flexibility index (Phi) is 3.01. The summed E-state index contributed by atoms with van der Waals surface area (Å²) in [7, 11) is 0. The zero-order valence-electron chi connectivity index (χ0n) is 11.9. The number of fused-ring (bicyclic) bond motifs is 2. The van der Waals surface area contributed by atoms with Crippen LogP contribution < -0.4 is 10.2 Å². The van der Waals surface area contributed by atoms with Crippen LogP contribution in [0.25, 0.3) is 10.9 Å². The van der Waals surface area contributed by atoms with Crippen LogP contribution in [0.4, 0.5) is 5.69 Å². The average Bonchev–Trinajstić information content (AvgIpc) is 2.97. The molecule has 3 heterocycles. The number of aromatic nitrogens is 1. The molecule has 0 bridgehead atoms. The van der Waals surface area contributed by atoms with Crippen molar-refractivity contribution in [1.29, 1.82) is 5.26 Å². The Labute approximate surface area is 124 Å². The van der Waals surface area contributed by atoms with Gasteiger partial charge in [0.2, 0.25) is 0 Å². The summed E-state index contributed by atoms with van der Waals surface area (Å²) in [4.78, 5) is 6.80. The van der Waals surface area contributed by atoms with E-state index in [-0.39, 0.29) is 0 Å². The van der Waals surface area contributed by atoms with E-state index in [4.69, 9.17) is 0 Å². The van der Waals surface area contributed by atoms with Crippen LogP contribution in [0.1, 0.15) is 18.4 Å². The lowest BCUT2D eigenvalue weighted by Crippen LogP contribution is -2.40. The predicted octanol–water partition coefficient (Wildman–Crippen LogP) is 2.29. The van der Waals surface area contributed by atoms with E-state index >= 15 is 0 Å². The van der Waals surface area contributed by atoms with E-state index < -0.39 is 0 Å². The second kappa shape index (κ2) is 5.01. The van der Waals surface area contributed by atoms with E-state index in [2.05, 4.69) is 27.3 Å². The Hall–Kier alpha value is -2.12. The standard InChI is InChI=1S/C17H18N4/c18-8-13-9-20-15-6-2-1-5-14(15)17(13)21-10-12-4-3-7-19-16(12)11-21/h1-2,5-6,9,12,16,19H,3-4,7,10-11H2. The normalized spacial score (nSPS) is 24.8. The first kappa shape index (κ1) is 12.6. The third-order valence-corrected chi connectivity index (χ3v) is 4.78. The molecule has 0 radical (unpaired) electrons. The van der Waals surface area contributed by atoms with Crippen molar-refractivity contribution in [3.63, 3.8) is 0 Å². The fourth-order valence-electron chi connectivity index (χ4n) is 3.78. The summed E-state index contributed by atoms with van der Waals surface area (Å²) in [6, 6.07) is 11.0. The van der Waals surface area contributed by atoms with Gasteiger partial charge in [-0.15, -0.1) is 0 Å². The number of anilines is 1. The highest BCUT2D eigenvalue weighted by Crippen LogP contribution is 2.35. The van der Waals surface area contributed by atoms with Gasteiger partial charge < -0.3 is 10.2 Å². The molecular weight excluding hydrogens is 260 g/mol. The van der Waals surface area contributed by atoms with E-state index in [1.807, 2.05) is 18.2 Å². The largest absolute Gasteiger partial charge is 0.368 e. The number of benzene rings is 1. The van der Waals surface area contributed by atoms with Gasteiger partial charge in [0.15, 0.2) is 0 Å². The summed E-state index contributed by atoms with van der Waals surface area (Å²) >= 11 is 0. The smallest absolute Gasteiger partial charge is 0.103 e. The van der Waals surface area contributed by atoms with Crippen molar-refractivity contribution >= 4 is 16.6 Å². The van der Waals surface area contributed by atoms with Gasteiger partial charge in [0.05, 0.1) is 16.8 Å². The third kappa shape index (κ3) is 2.05. The monoisotopic (exact) mass is 278 g/mol. The van der Waals surface area contributed by atoms with Crippen LogP contribution in [0.3, 0.4) is 0 Å². The minimum Gasteiger partial charge on any atom is -0.368 e. The van der Waals surface area contributed by atoms with Crippen LogP contribution in [-0.2, 0) is 0 Å². The molecule has 106 valence electrons. The average molecular weight is 278 g/mol. The molecule has 1 N–H and O–H groups in total. The van der Waals surface area contributed by atoms with Gasteiger partial charge >= 0.3 is 0 Å². The molecule has 1 aromatic heterocycles. The van der Waals surface area contributed by atoms with Gasteiger partial charge in [-0.1, -0.05) is 18.2 Å². The Balaban J connectivity index is 1.80. The quantitative estimate of drug-likeness (QED) is 0.869. The van der Waals surface area contributed by atoms with Crippen molar-refractivity contribution in [3.05, 3.63) is 36.0 Å². The Bertz CT molecular complexity index is 704. The zero-order chi connectivity index (χ0) is 14.2. The van der Waals surface area contributed by atoms with Crippen molar-refractivity contribution in [2.45, 2.75) is 18.9 Å². The second-order valence-corrected chi connectivity index (χ2v) is 6.02. The van der Waals surface area contributed by atoms with Gasteiger partial charge in [-0.05, 0) is 31.4 Å². The number of nitriles is 1. The van der Waals surface area contributed by atoms with Crippen LogP contribution >= 0.6 is 0 Å². The van der Waals surface area contributed by atoms with E-state index in [1.54, 1.807) is 6.20 Å². The van der Waals surface area contributed by atoms with Gasteiger partial charge in [-0.2, -0.15) is 5.26 Å². The summed E-state index contributed by atoms with van der Waals surface area (Å²) in [5.41, 5.74) is 2.72. The molecule has 2 fully saturated rings.